The van der Waals surface area contributed by atoms with Crippen molar-refractivity contribution in [1.82, 2.24) is 0 Å². The summed E-state index contributed by atoms with van der Waals surface area (Å²) in [7, 11) is 1.54. The van der Waals surface area contributed by atoms with Gasteiger partial charge in [0.2, 0.25) is 0 Å². The third kappa shape index (κ3) is 3.56. The molecular formula is C12H18O4. The summed E-state index contributed by atoms with van der Waals surface area (Å²) in [5.41, 5.74) is 0. The quantitative estimate of drug-likeness (QED) is 0.508. The molecule has 0 aromatic heterocycles. The van der Waals surface area contributed by atoms with Crippen molar-refractivity contribution < 1.29 is 19.0 Å². The lowest BCUT2D eigenvalue weighted by Gasteiger charge is -2.30. The van der Waals surface area contributed by atoms with Crippen LogP contribution in [0.25, 0.3) is 0 Å². The summed E-state index contributed by atoms with van der Waals surface area (Å²) in [6.07, 6.45) is 5.20. The van der Waals surface area contributed by atoms with Gasteiger partial charge >= 0.3 is 0 Å². The first-order chi connectivity index (χ1) is 7.69. The Morgan fingerprint density at radius 1 is 1.56 bits per heavy atom. The van der Waals surface area contributed by atoms with Crippen LogP contribution < -0.4 is 0 Å². The molecule has 90 valence electrons. The van der Waals surface area contributed by atoms with Crippen molar-refractivity contribution in [2.45, 2.75) is 31.7 Å². The monoisotopic (exact) mass is 226 g/mol. The largest absolute Gasteiger partial charge is 0.360 e. The summed E-state index contributed by atoms with van der Waals surface area (Å²) < 4.78 is 15.8. The molecule has 16 heavy (non-hydrogen) atoms. The molecule has 1 aliphatic rings. The molecule has 0 saturated heterocycles. The van der Waals surface area contributed by atoms with E-state index in [2.05, 4.69) is 6.58 Å². The van der Waals surface area contributed by atoms with E-state index < -0.39 is 6.10 Å². The third-order valence-corrected chi connectivity index (χ3v) is 2.31. The van der Waals surface area contributed by atoms with Gasteiger partial charge in [-0.25, -0.2) is 0 Å². The van der Waals surface area contributed by atoms with Crippen LogP contribution in [0.3, 0.4) is 0 Å². The van der Waals surface area contributed by atoms with Crippen molar-refractivity contribution in [3.05, 3.63) is 24.8 Å². The molecule has 0 aromatic rings. The van der Waals surface area contributed by atoms with Gasteiger partial charge in [0.05, 0.1) is 6.10 Å². The molecular weight excluding hydrogens is 208 g/mol. The molecule has 0 radical (unpaired) electrons. The molecule has 0 bridgehead atoms. The van der Waals surface area contributed by atoms with Crippen LogP contribution in [-0.4, -0.2) is 38.0 Å². The Labute approximate surface area is 95.9 Å². The number of hydrogen-bond donors (Lipinski definition) is 0. The highest BCUT2D eigenvalue weighted by Crippen LogP contribution is 2.19. The van der Waals surface area contributed by atoms with Gasteiger partial charge in [0, 0.05) is 7.11 Å². The van der Waals surface area contributed by atoms with E-state index in [9.17, 15) is 4.79 Å². The zero-order valence-corrected chi connectivity index (χ0v) is 9.72. The van der Waals surface area contributed by atoms with Gasteiger partial charge in [0.15, 0.2) is 5.78 Å². The van der Waals surface area contributed by atoms with Gasteiger partial charge in [0.1, 0.15) is 19.0 Å². The van der Waals surface area contributed by atoms with Gasteiger partial charge in [-0.05, 0) is 13.3 Å². The van der Waals surface area contributed by atoms with Gasteiger partial charge in [-0.2, -0.15) is 0 Å². The highest BCUT2D eigenvalue weighted by molar-refractivity contribution is 5.81. The highest BCUT2D eigenvalue weighted by Gasteiger charge is 2.30. The number of Topliss-reactive ketones (excluding diaryl/α,β-unsaturated/α-hetero) is 1. The molecule has 0 unspecified atom stereocenters. The van der Waals surface area contributed by atoms with Crippen molar-refractivity contribution in [1.29, 1.82) is 0 Å². The lowest BCUT2D eigenvalue weighted by Crippen LogP contribution is -2.41. The van der Waals surface area contributed by atoms with Crippen LogP contribution in [0.2, 0.25) is 0 Å². The van der Waals surface area contributed by atoms with E-state index >= 15 is 0 Å². The Hall–Kier alpha value is -0.970. The number of carbonyl (C=O) groups excluding carboxylic acids is 1. The van der Waals surface area contributed by atoms with Crippen molar-refractivity contribution in [3.63, 3.8) is 0 Å². The molecule has 0 amide bonds. The minimum Gasteiger partial charge on any atom is -0.360 e. The fourth-order valence-corrected chi connectivity index (χ4v) is 1.56. The van der Waals surface area contributed by atoms with E-state index in [1.165, 1.54) is 14.0 Å². The molecule has 0 fully saturated rings. The predicted molar refractivity (Wildman–Crippen MR) is 60.0 cm³/mol. The summed E-state index contributed by atoms with van der Waals surface area (Å²) in [4.78, 5) is 11.4. The highest BCUT2D eigenvalue weighted by atomic mass is 16.7. The maximum absolute atomic E-state index is 11.4. The molecule has 4 nitrogen and oxygen atoms in total. The minimum absolute atomic E-state index is 0.0421. The summed E-state index contributed by atoms with van der Waals surface area (Å²) in [5.74, 6) is -0.0421. The molecule has 1 heterocycles. The Balaban J connectivity index is 2.64. The second kappa shape index (κ2) is 6.58. The SMILES string of the molecule is C=CC[C@H]1C=C[C@H](OCOC)[C@H](C(C)=O)O1. The number of hydrogen-bond acceptors (Lipinski definition) is 4. The van der Waals surface area contributed by atoms with E-state index in [-0.39, 0.29) is 24.8 Å². The van der Waals surface area contributed by atoms with Crippen LogP contribution in [0.4, 0.5) is 0 Å². The number of methoxy groups -OCH3 is 1. The second-order valence-electron chi connectivity index (χ2n) is 3.65. The number of rotatable bonds is 6. The molecule has 4 heteroatoms. The van der Waals surface area contributed by atoms with Crippen LogP contribution in [0, 0.1) is 0 Å². The Bertz CT molecular complexity index is 272. The van der Waals surface area contributed by atoms with Crippen LogP contribution in [-0.2, 0) is 19.0 Å². The van der Waals surface area contributed by atoms with Crippen molar-refractivity contribution >= 4 is 5.78 Å². The van der Waals surface area contributed by atoms with Gasteiger partial charge in [-0.1, -0.05) is 18.2 Å². The number of ketones is 1. The predicted octanol–water partition coefficient (Wildman–Crippen LogP) is 1.46. The Morgan fingerprint density at radius 2 is 2.31 bits per heavy atom. The van der Waals surface area contributed by atoms with E-state index in [1.54, 1.807) is 6.08 Å². The van der Waals surface area contributed by atoms with Gasteiger partial charge in [0.25, 0.3) is 0 Å². The normalized spacial score (nSPS) is 29.0. The lowest BCUT2D eigenvalue weighted by atomic mass is 10.0. The maximum atomic E-state index is 11.4. The van der Waals surface area contributed by atoms with Crippen LogP contribution >= 0.6 is 0 Å². The van der Waals surface area contributed by atoms with E-state index in [0.29, 0.717) is 6.42 Å². The van der Waals surface area contributed by atoms with Crippen LogP contribution in [0.15, 0.2) is 24.8 Å². The standard InChI is InChI=1S/C12H18O4/c1-4-5-10-6-7-11(15-8-14-3)12(16-10)9(2)13/h4,6-7,10-12H,1,5,8H2,2-3H3/t10-,11-,12-/m0/s1. The molecule has 0 aliphatic carbocycles. The second-order valence-corrected chi connectivity index (χ2v) is 3.65. The third-order valence-electron chi connectivity index (χ3n) is 2.31. The summed E-state index contributed by atoms with van der Waals surface area (Å²) in [5, 5.41) is 0. The molecule has 1 rings (SSSR count). The van der Waals surface area contributed by atoms with Crippen molar-refractivity contribution in [2.24, 2.45) is 0 Å². The van der Waals surface area contributed by atoms with Crippen LogP contribution in [0.1, 0.15) is 13.3 Å². The molecule has 1 aliphatic heterocycles. The maximum Gasteiger partial charge on any atom is 0.161 e. The smallest absolute Gasteiger partial charge is 0.161 e. The van der Waals surface area contributed by atoms with E-state index in [4.69, 9.17) is 14.2 Å². The van der Waals surface area contributed by atoms with E-state index in [1.807, 2.05) is 12.2 Å². The zero-order chi connectivity index (χ0) is 12.0. The van der Waals surface area contributed by atoms with Gasteiger partial charge in [-0.15, -0.1) is 6.58 Å². The lowest BCUT2D eigenvalue weighted by molar-refractivity contribution is -0.153. The van der Waals surface area contributed by atoms with Gasteiger partial charge in [-0.3, -0.25) is 4.79 Å². The molecule has 0 aromatic carbocycles. The average molecular weight is 226 g/mol. The van der Waals surface area contributed by atoms with Gasteiger partial charge < -0.3 is 14.2 Å². The Kier molecular flexibility index (Phi) is 5.38. The number of carbonyl (C=O) groups is 1. The molecule has 0 saturated carbocycles. The Morgan fingerprint density at radius 3 is 2.88 bits per heavy atom. The summed E-state index contributed by atoms with van der Waals surface area (Å²) in [6.45, 7) is 5.29. The first-order valence-corrected chi connectivity index (χ1v) is 5.24. The fraction of sp³-hybridized carbons (Fsp3) is 0.583. The summed E-state index contributed by atoms with van der Waals surface area (Å²) >= 11 is 0. The first-order valence-electron chi connectivity index (χ1n) is 5.24. The molecule has 3 atom stereocenters. The summed E-state index contributed by atoms with van der Waals surface area (Å²) in [6, 6.07) is 0. The first kappa shape index (κ1) is 13.1. The van der Waals surface area contributed by atoms with E-state index in [0.717, 1.165) is 0 Å². The average Bonchev–Trinajstić information content (AvgIpc) is 2.27. The fourth-order valence-electron chi connectivity index (χ4n) is 1.56. The van der Waals surface area contributed by atoms with Crippen molar-refractivity contribution in [3.8, 4) is 0 Å². The zero-order valence-electron chi connectivity index (χ0n) is 9.72. The van der Waals surface area contributed by atoms with Crippen molar-refractivity contribution in [2.75, 3.05) is 13.9 Å². The van der Waals surface area contributed by atoms with Crippen LogP contribution in [0.5, 0.6) is 0 Å². The molecule has 0 spiro atoms. The number of ether oxygens (including phenoxy) is 3. The topological polar surface area (TPSA) is 44.8 Å². The molecule has 0 N–H and O–H groups in total. The minimum atomic E-state index is -0.551.